The first-order chi connectivity index (χ1) is 19.0. The number of carbonyl (C=O) groups excluding carboxylic acids is 2. The Kier molecular flexibility index (Phi) is 9.68. The summed E-state index contributed by atoms with van der Waals surface area (Å²) < 4.78 is 6.52. The van der Waals surface area contributed by atoms with Crippen molar-refractivity contribution in [2.24, 2.45) is 4.99 Å². The number of piperidine rings is 1. The van der Waals surface area contributed by atoms with E-state index in [1.807, 2.05) is 56.3 Å². The maximum Gasteiger partial charge on any atom is 0.217 e. The normalized spacial score (nSPS) is 14.3. The second-order valence-electron chi connectivity index (χ2n) is 10.3. The first-order valence-electron chi connectivity index (χ1n) is 13.1. The van der Waals surface area contributed by atoms with Gasteiger partial charge in [-0.1, -0.05) is 35.9 Å². The summed E-state index contributed by atoms with van der Waals surface area (Å²) in [7, 11) is 0. The SMILES string of the molecule is CC(=O)NC1CCN(c2ccc(-c3nc(N=COc4ccc(C(C)(C)NC(C)=O)cc4)c(I)cc3Cl)cc2)CC1. The molecular weight excluding hydrogens is 641 g/mol. The molecule has 3 aromatic rings. The van der Waals surface area contributed by atoms with Crippen molar-refractivity contribution in [3.8, 4) is 17.0 Å². The second kappa shape index (κ2) is 13.0. The van der Waals surface area contributed by atoms with Gasteiger partial charge in [0.25, 0.3) is 0 Å². The third-order valence-corrected chi connectivity index (χ3v) is 7.83. The first-order valence-corrected chi connectivity index (χ1v) is 14.5. The van der Waals surface area contributed by atoms with Crippen LogP contribution in [0.25, 0.3) is 11.3 Å². The minimum absolute atomic E-state index is 0.0259. The van der Waals surface area contributed by atoms with E-state index in [1.54, 1.807) is 6.92 Å². The van der Waals surface area contributed by atoms with Gasteiger partial charge in [-0.2, -0.15) is 4.99 Å². The van der Waals surface area contributed by atoms with Gasteiger partial charge in [-0.25, -0.2) is 4.98 Å². The fraction of sp³-hybridized carbons (Fsp3) is 0.333. The zero-order chi connectivity index (χ0) is 28.9. The Morgan fingerprint density at radius 3 is 2.33 bits per heavy atom. The Morgan fingerprint density at radius 1 is 1.07 bits per heavy atom. The second-order valence-corrected chi connectivity index (χ2v) is 11.9. The van der Waals surface area contributed by atoms with Crippen LogP contribution in [-0.2, 0) is 15.1 Å². The lowest BCUT2D eigenvalue weighted by molar-refractivity contribution is -0.121. The number of carbonyl (C=O) groups is 2. The number of amides is 2. The molecule has 0 spiro atoms. The van der Waals surface area contributed by atoms with E-state index in [-0.39, 0.29) is 17.9 Å². The van der Waals surface area contributed by atoms with Crippen LogP contribution in [0.1, 0.15) is 46.1 Å². The van der Waals surface area contributed by atoms with Gasteiger partial charge in [0.1, 0.15) is 5.75 Å². The topological polar surface area (TPSA) is 95.9 Å². The van der Waals surface area contributed by atoms with Crippen molar-refractivity contribution in [3.05, 3.63) is 68.8 Å². The van der Waals surface area contributed by atoms with E-state index in [1.165, 1.54) is 13.3 Å². The van der Waals surface area contributed by atoms with Crippen LogP contribution in [0.2, 0.25) is 5.02 Å². The molecule has 0 saturated carbocycles. The molecule has 40 heavy (non-hydrogen) atoms. The zero-order valence-corrected chi connectivity index (χ0v) is 25.9. The molecule has 0 unspecified atom stereocenters. The van der Waals surface area contributed by atoms with Gasteiger partial charge in [0.15, 0.2) is 12.2 Å². The Balaban J connectivity index is 1.42. The van der Waals surface area contributed by atoms with Crippen molar-refractivity contribution >= 4 is 63.9 Å². The molecule has 0 atom stereocenters. The highest BCUT2D eigenvalue weighted by Crippen LogP contribution is 2.33. The number of aliphatic imine (C=N–C) groups is 1. The predicted octanol–water partition coefficient (Wildman–Crippen LogP) is 6.22. The molecule has 1 fully saturated rings. The number of hydrogen-bond donors (Lipinski definition) is 2. The quantitative estimate of drug-likeness (QED) is 0.168. The number of benzene rings is 2. The van der Waals surface area contributed by atoms with Crippen molar-refractivity contribution in [2.45, 2.75) is 52.1 Å². The number of nitrogens with zero attached hydrogens (tertiary/aromatic N) is 3. The molecule has 10 heteroatoms. The van der Waals surface area contributed by atoms with Crippen LogP contribution < -0.4 is 20.3 Å². The van der Waals surface area contributed by atoms with E-state index < -0.39 is 5.54 Å². The van der Waals surface area contributed by atoms with Gasteiger partial charge >= 0.3 is 0 Å². The number of hydrogen-bond acceptors (Lipinski definition) is 6. The fourth-order valence-corrected chi connectivity index (χ4v) is 5.76. The van der Waals surface area contributed by atoms with Gasteiger partial charge in [0, 0.05) is 44.2 Å². The average Bonchev–Trinajstić information content (AvgIpc) is 2.90. The van der Waals surface area contributed by atoms with E-state index in [0.717, 1.165) is 46.3 Å². The Bertz CT molecular complexity index is 1390. The minimum atomic E-state index is -0.485. The molecule has 2 N–H and O–H groups in total. The highest BCUT2D eigenvalue weighted by molar-refractivity contribution is 14.1. The summed E-state index contributed by atoms with van der Waals surface area (Å²) in [6.07, 6.45) is 3.22. The summed E-state index contributed by atoms with van der Waals surface area (Å²) in [6, 6.07) is 17.8. The highest BCUT2D eigenvalue weighted by Gasteiger charge is 2.22. The smallest absolute Gasteiger partial charge is 0.217 e. The summed E-state index contributed by atoms with van der Waals surface area (Å²) in [5.41, 5.74) is 3.15. The van der Waals surface area contributed by atoms with Crippen molar-refractivity contribution in [1.82, 2.24) is 15.6 Å². The third kappa shape index (κ3) is 7.72. The Labute approximate surface area is 253 Å². The monoisotopic (exact) mass is 673 g/mol. The molecular formula is C30H33ClIN5O3. The molecule has 1 aliphatic heterocycles. The lowest BCUT2D eigenvalue weighted by Gasteiger charge is -2.33. The molecule has 0 bridgehead atoms. The summed E-state index contributed by atoms with van der Waals surface area (Å²) in [6.45, 7) is 8.74. The van der Waals surface area contributed by atoms with E-state index >= 15 is 0 Å². The molecule has 4 rings (SSSR count). The summed E-state index contributed by atoms with van der Waals surface area (Å²) in [5, 5.41) is 6.50. The van der Waals surface area contributed by atoms with Crippen LogP contribution in [0.4, 0.5) is 11.5 Å². The number of pyridine rings is 1. The summed E-state index contributed by atoms with van der Waals surface area (Å²) in [5.74, 6) is 1.07. The van der Waals surface area contributed by atoms with Crippen LogP contribution in [0.15, 0.2) is 59.6 Å². The van der Waals surface area contributed by atoms with Crippen molar-refractivity contribution in [1.29, 1.82) is 0 Å². The van der Waals surface area contributed by atoms with E-state index in [9.17, 15) is 9.59 Å². The van der Waals surface area contributed by atoms with Gasteiger partial charge in [0.2, 0.25) is 11.8 Å². The number of nitrogens with one attached hydrogen (secondary N) is 2. The van der Waals surface area contributed by atoms with Crippen molar-refractivity contribution in [3.63, 3.8) is 0 Å². The molecule has 210 valence electrons. The molecule has 2 aromatic carbocycles. The standard InChI is InChI=1S/C30H33ClIN5O3/c1-19(38)34-23-13-15-37(16-14-23)24-9-5-21(6-10-24)28-26(31)17-27(32)29(35-28)33-18-40-25-11-7-22(8-12-25)30(3,4)36-20(2)39/h5-12,17-18,23H,13-16H2,1-4H3,(H,34,38)(H,36,39). The van der Waals surface area contributed by atoms with E-state index in [4.69, 9.17) is 21.3 Å². The molecule has 8 nitrogen and oxygen atoms in total. The predicted molar refractivity (Wildman–Crippen MR) is 169 cm³/mol. The van der Waals surface area contributed by atoms with Crippen molar-refractivity contribution < 1.29 is 14.3 Å². The Morgan fingerprint density at radius 2 is 1.73 bits per heavy atom. The highest BCUT2D eigenvalue weighted by atomic mass is 127. The molecule has 1 aromatic heterocycles. The van der Waals surface area contributed by atoms with Crippen LogP contribution in [0.5, 0.6) is 5.75 Å². The largest absolute Gasteiger partial charge is 0.446 e. The molecule has 1 aliphatic rings. The third-order valence-electron chi connectivity index (χ3n) is 6.75. The first kappa shape index (κ1) is 29.8. The summed E-state index contributed by atoms with van der Waals surface area (Å²) in [4.78, 5) is 34.3. The summed E-state index contributed by atoms with van der Waals surface area (Å²) >= 11 is 8.73. The average molecular weight is 674 g/mol. The minimum Gasteiger partial charge on any atom is -0.446 e. The molecule has 2 amide bonds. The van der Waals surface area contributed by atoms with Crippen molar-refractivity contribution in [2.75, 3.05) is 18.0 Å². The number of aromatic nitrogens is 1. The van der Waals surface area contributed by atoms with Gasteiger partial charge in [-0.15, -0.1) is 0 Å². The van der Waals surface area contributed by atoms with E-state index in [2.05, 4.69) is 55.2 Å². The fourth-order valence-electron chi connectivity index (χ4n) is 4.75. The number of halogens is 2. The van der Waals surface area contributed by atoms with Gasteiger partial charge < -0.3 is 20.3 Å². The lowest BCUT2D eigenvalue weighted by Crippen LogP contribution is -2.44. The van der Waals surface area contributed by atoms with Gasteiger partial charge in [0.05, 0.1) is 19.8 Å². The Hall–Kier alpha value is -3.18. The van der Waals surface area contributed by atoms with Crippen LogP contribution in [0, 0.1) is 3.57 Å². The molecule has 0 radical (unpaired) electrons. The van der Waals surface area contributed by atoms with Gasteiger partial charge in [-0.3, -0.25) is 9.59 Å². The van der Waals surface area contributed by atoms with Crippen LogP contribution in [0.3, 0.4) is 0 Å². The number of anilines is 1. The lowest BCUT2D eigenvalue weighted by atomic mass is 9.94. The van der Waals surface area contributed by atoms with Crippen LogP contribution in [-0.4, -0.2) is 42.3 Å². The maximum absolute atomic E-state index is 11.5. The van der Waals surface area contributed by atoms with Crippen LogP contribution >= 0.6 is 34.2 Å². The molecule has 0 aliphatic carbocycles. The molecule has 2 heterocycles. The van der Waals surface area contributed by atoms with E-state index in [0.29, 0.717) is 22.3 Å². The number of rotatable bonds is 8. The number of ether oxygens (including phenoxy) is 1. The maximum atomic E-state index is 11.5. The van der Waals surface area contributed by atoms with Gasteiger partial charge in [-0.05, 0) is 85.2 Å². The molecule has 1 saturated heterocycles. The zero-order valence-electron chi connectivity index (χ0n) is 23.0.